The molecule has 2 aromatic rings. The molecule has 98 valence electrons. The Balaban J connectivity index is 2.50. The third kappa shape index (κ3) is 2.29. The minimum absolute atomic E-state index is 0.201. The number of halogens is 1. The molecule has 0 amide bonds. The molecule has 1 aromatic carbocycles. The molecular weight excluding hydrogens is 245 g/mol. The molecule has 19 heavy (non-hydrogen) atoms. The van der Waals surface area contributed by atoms with E-state index < -0.39 is 5.82 Å². The minimum Gasteiger partial charge on any atom is -0.494 e. The van der Waals surface area contributed by atoms with Crippen LogP contribution in [-0.2, 0) is 13.5 Å². The molecule has 5 heteroatoms. The molecule has 0 saturated carbocycles. The van der Waals surface area contributed by atoms with Crippen molar-refractivity contribution in [2.75, 3.05) is 7.11 Å². The average molecular weight is 259 g/mol. The quantitative estimate of drug-likeness (QED) is 0.851. The lowest BCUT2D eigenvalue weighted by Crippen LogP contribution is -1.96. The Hall–Kier alpha value is -2.35. The van der Waals surface area contributed by atoms with Crippen molar-refractivity contribution < 1.29 is 9.13 Å². The Morgan fingerprint density at radius 1 is 1.47 bits per heavy atom. The zero-order chi connectivity index (χ0) is 14.0. The van der Waals surface area contributed by atoms with Crippen molar-refractivity contribution in [2.24, 2.45) is 7.05 Å². The van der Waals surface area contributed by atoms with Gasteiger partial charge in [0.15, 0.2) is 11.6 Å². The van der Waals surface area contributed by atoms with Crippen LogP contribution in [0.3, 0.4) is 0 Å². The first kappa shape index (κ1) is 13.1. The number of ether oxygens (including phenoxy) is 1. The molecule has 1 aromatic heterocycles. The Morgan fingerprint density at radius 2 is 2.21 bits per heavy atom. The summed E-state index contributed by atoms with van der Waals surface area (Å²) in [5.41, 5.74) is 2.29. The number of nitriles is 1. The number of imidazole rings is 1. The van der Waals surface area contributed by atoms with Gasteiger partial charge in [-0.25, -0.2) is 9.37 Å². The van der Waals surface area contributed by atoms with E-state index in [4.69, 9.17) is 10.00 Å². The lowest BCUT2D eigenvalue weighted by Gasteiger charge is -2.06. The van der Waals surface area contributed by atoms with Gasteiger partial charge in [-0.15, -0.1) is 0 Å². The summed E-state index contributed by atoms with van der Waals surface area (Å²) in [7, 11) is 3.27. The van der Waals surface area contributed by atoms with Gasteiger partial charge in [0.2, 0.25) is 0 Å². The standard InChI is InChI=1S/C14H14FN3O/c1-9-12(6-7-16)17-14(18(9)2)10-4-5-13(19-3)11(15)8-10/h4-5,8H,6H2,1-3H3. The van der Waals surface area contributed by atoms with E-state index in [1.54, 1.807) is 12.1 Å². The van der Waals surface area contributed by atoms with Gasteiger partial charge in [0.05, 0.1) is 25.3 Å². The fourth-order valence-electron chi connectivity index (χ4n) is 1.94. The van der Waals surface area contributed by atoms with Gasteiger partial charge in [-0.05, 0) is 25.1 Å². The predicted octanol–water partition coefficient (Wildman–Crippen LogP) is 2.61. The summed E-state index contributed by atoms with van der Waals surface area (Å²) < 4.78 is 20.5. The van der Waals surface area contributed by atoms with Gasteiger partial charge < -0.3 is 9.30 Å². The lowest BCUT2D eigenvalue weighted by molar-refractivity contribution is 0.386. The summed E-state index contributed by atoms with van der Waals surface area (Å²) in [6, 6.07) is 6.78. The summed E-state index contributed by atoms with van der Waals surface area (Å²) in [4.78, 5) is 4.40. The molecule has 0 saturated heterocycles. The van der Waals surface area contributed by atoms with Gasteiger partial charge in [0.25, 0.3) is 0 Å². The van der Waals surface area contributed by atoms with E-state index in [0.717, 1.165) is 11.4 Å². The number of methoxy groups -OCH3 is 1. The van der Waals surface area contributed by atoms with Crippen LogP contribution >= 0.6 is 0 Å². The molecule has 0 unspecified atom stereocenters. The van der Waals surface area contributed by atoms with Crippen molar-refractivity contribution >= 4 is 0 Å². The normalized spacial score (nSPS) is 10.3. The maximum atomic E-state index is 13.7. The van der Waals surface area contributed by atoms with E-state index in [2.05, 4.69) is 11.1 Å². The highest BCUT2D eigenvalue weighted by Crippen LogP contribution is 2.26. The Morgan fingerprint density at radius 3 is 2.79 bits per heavy atom. The fourth-order valence-corrected chi connectivity index (χ4v) is 1.94. The van der Waals surface area contributed by atoms with E-state index >= 15 is 0 Å². The van der Waals surface area contributed by atoms with Crippen LogP contribution in [0.25, 0.3) is 11.4 Å². The zero-order valence-corrected chi connectivity index (χ0v) is 11.1. The van der Waals surface area contributed by atoms with Crippen LogP contribution in [0.4, 0.5) is 4.39 Å². The number of aromatic nitrogens is 2. The van der Waals surface area contributed by atoms with Crippen LogP contribution in [0.5, 0.6) is 5.75 Å². The van der Waals surface area contributed by atoms with Crippen LogP contribution in [-0.4, -0.2) is 16.7 Å². The Kier molecular flexibility index (Phi) is 3.52. The molecule has 0 bridgehead atoms. The molecule has 0 fully saturated rings. The Labute approximate surface area is 111 Å². The maximum absolute atomic E-state index is 13.7. The van der Waals surface area contributed by atoms with Crippen molar-refractivity contribution in [3.63, 3.8) is 0 Å². The van der Waals surface area contributed by atoms with Gasteiger partial charge >= 0.3 is 0 Å². The maximum Gasteiger partial charge on any atom is 0.165 e. The smallest absolute Gasteiger partial charge is 0.165 e. The summed E-state index contributed by atoms with van der Waals surface area (Å²) in [6.07, 6.45) is 0.248. The average Bonchev–Trinajstić information content (AvgIpc) is 2.67. The van der Waals surface area contributed by atoms with Crippen molar-refractivity contribution in [1.29, 1.82) is 5.26 Å². The third-order valence-corrected chi connectivity index (χ3v) is 3.14. The van der Waals surface area contributed by atoms with Crippen molar-refractivity contribution in [1.82, 2.24) is 9.55 Å². The Bertz CT molecular complexity index is 655. The van der Waals surface area contributed by atoms with Crippen LogP contribution in [0.2, 0.25) is 0 Å². The van der Waals surface area contributed by atoms with Gasteiger partial charge in [0, 0.05) is 18.3 Å². The van der Waals surface area contributed by atoms with Crippen molar-refractivity contribution in [3.05, 3.63) is 35.4 Å². The van der Waals surface area contributed by atoms with Gasteiger partial charge in [-0.1, -0.05) is 0 Å². The van der Waals surface area contributed by atoms with Gasteiger partial charge in [-0.3, -0.25) is 0 Å². The van der Waals surface area contributed by atoms with Crippen LogP contribution in [0, 0.1) is 24.1 Å². The number of hydrogen-bond acceptors (Lipinski definition) is 3. The second kappa shape index (κ2) is 5.11. The molecule has 0 aliphatic carbocycles. The van der Waals surface area contributed by atoms with E-state index in [-0.39, 0.29) is 12.2 Å². The van der Waals surface area contributed by atoms with E-state index in [0.29, 0.717) is 11.4 Å². The summed E-state index contributed by atoms with van der Waals surface area (Å²) in [5.74, 6) is 0.415. The second-order valence-electron chi connectivity index (χ2n) is 4.21. The molecule has 4 nitrogen and oxygen atoms in total. The van der Waals surface area contributed by atoms with Crippen molar-refractivity contribution in [3.8, 4) is 23.2 Å². The minimum atomic E-state index is -0.428. The topological polar surface area (TPSA) is 50.8 Å². The van der Waals surface area contributed by atoms with Crippen LogP contribution < -0.4 is 4.74 Å². The highest BCUT2D eigenvalue weighted by atomic mass is 19.1. The molecule has 0 spiro atoms. The van der Waals surface area contributed by atoms with E-state index in [1.807, 2.05) is 18.5 Å². The molecule has 0 aliphatic rings. The van der Waals surface area contributed by atoms with E-state index in [9.17, 15) is 4.39 Å². The van der Waals surface area contributed by atoms with Gasteiger partial charge in [-0.2, -0.15) is 5.26 Å². The largest absolute Gasteiger partial charge is 0.494 e. The molecular formula is C14H14FN3O. The SMILES string of the molecule is COc1ccc(-c2nc(CC#N)c(C)n2C)cc1F. The number of nitrogens with zero attached hydrogens (tertiary/aromatic N) is 3. The first-order valence-corrected chi connectivity index (χ1v) is 5.81. The lowest BCUT2D eigenvalue weighted by atomic mass is 10.2. The third-order valence-electron chi connectivity index (χ3n) is 3.14. The first-order chi connectivity index (χ1) is 9.08. The molecule has 0 aliphatic heterocycles. The second-order valence-corrected chi connectivity index (χ2v) is 4.21. The summed E-state index contributed by atoms with van der Waals surface area (Å²) in [5, 5.41) is 8.75. The fraction of sp³-hybridized carbons (Fsp3) is 0.286. The number of benzene rings is 1. The van der Waals surface area contributed by atoms with Crippen LogP contribution in [0.15, 0.2) is 18.2 Å². The monoisotopic (exact) mass is 259 g/mol. The molecule has 0 radical (unpaired) electrons. The number of hydrogen-bond donors (Lipinski definition) is 0. The molecule has 0 N–H and O–H groups in total. The summed E-state index contributed by atoms with van der Waals surface area (Å²) >= 11 is 0. The predicted molar refractivity (Wildman–Crippen MR) is 69.2 cm³/mol. The highest BCUT2D eigenvalue weighted by molar-refractivity contribution is 5.58. The van der Waals surface area contributed by atoms with Gasteiger partial charge in [0.1, 0.15) is 5.82 Å². The molecule has 2 rings (SSSR count). The summed E-state index contributed by atoms with van der Waals surface area (Å²) in [6.45, 7) is 1.89. The first-order valence-electron chi connectivity index (χ1n) is 5.81. The highest BCUT2D eigenvalue weighted by Gasteiger charge is 2.14. The van der Waals surface area contributed by atoms with E-state index in [1.165, 1.54) is 13.2 Å². The van der Waals surface area contributed by atoms with Crippen molar-refractivity contribution in [2.45, 2.75) is 13.3 Å². The zero-order valence-electron chi connectivity index (χ0n) is 11.1. The molecule has 0 atom stereocenters. The van der Waals surface area contributed by atoms with Crippen LogP contribution in [0.1, 0.15) is 11.4 Å². The molecule has 1 heterocycles. The number of rotatable bonds is 3.